The van der Waals surface area contributed by atoms with Gasteiger partial charge in [0.2, 0.25) is 0 Å². The van der Waals surface area contributed by atoms with Gasteiger partial charge in [-0.3, -0.25) is 0 Å². The van der Waals surface area contributed by atoms with Crippen LogP contribution in [-0.4, -0.2) is 19.3 Å². The van der Waals surface area contributed by atoms with E-state index in [4.69, 9.17) is 0 Å². The first-order valence-corrected chi connectivity index (χ1v) is 3.14. The van der Waals surface area contributed by atoms with Crippen molar-refractivity contribution in [2.24, 2.45) is 5.92 Å². The standard InChI is InChI=1S/C6H12FN/c1-5-2-6(7)4-8-3-5/h5-6,8H,2-4H2,1H3. The summed E-state index contributed by atoms with van der Waals surface area (Å²) in [4.78, 5) is 0. The van der Waals surface area contributed by atoms with Gasteiger partial charge in [0.25, 0.3) is 0 Å². The summed E-state index contributed by atoms with van der Waals surface area (Å²) in [5, 5.41) is 3.01. The molecule has 1 heterocycles. The summed E-state index contributed by atoms with van der Waals surface area (Å²) in [6.07, 6.45) is 0.145. The van der Waals surface area contributed by atoms with E-state index in [0.29, 0.717) is 12.5 Å². The van der Waals surface area contributed by atoms with Crippen LogP contribution in [-0.2, 0) is 0 Å². The van der Waals surface area contributed by atoms with Crippen LogP contribution in [0.5, 0.6) is 0 Å². The zero-order valence-electron chi connectivity index (χ0n) is 5.15. The molecule has 0 bridgehead atoms. The fourth-order valence-electron chi connectivity index (χ4n) is 1.09. The van der Waals surface area contributed by atoms with Gasteiger partial charge in [-0.25, -0.2) is 4.39 Å². The molecule has 1 aliphatic heterocycles. The van der Waals surface area contributed by atoms with Crippen molar-refractivity contribution in [3.05, 3.63) is 0 Å². The number of hydrogen-bond donors (Lipinski definition) is 1. The largest absolute Gasteiger partial charge is 0.314 e. The molecule has 1 nitrogen and oxygen atoms in total. The van der Waals surface area contributed by atoms with Gasteiger partial charge in [0.05, 0.1) is 0 Å². The Morgan fingerprint density at radius 3 is 2.62 bits per heavy atom. The second kappa shape index (κ2) is 2.44. The molecular weight excluding hydrogens is 105 g/mol. The van der Waals surface area contributed by atoms with Crippen LogP contribution >= 0.6 is 0 Å². The van der Waals surface area contributed by atoms with Gasteiger partial charge in [-0.05, 0) is 18.9 Å². The highest BCUT2D eigenvalue weighted by atomic mass is 19.1. The van der Waals surface area contributed by atoms with Crippen LogP contribution in [0.1, 0.15) is 13.3 Å². The van der Waals surface area contributed by atoms with E-state index < -0.39 is 6.17 Å². The summed E-state index contributed by atoms with van der Waals surface area (Å²) in [5.74, 6) is 0.527. The van der Waals surface area contributed by atoms with Crippen LogP contribution < -0.4 is 5.32 Å². The zero-order chi connectivity index (χ0) is 5.98. The molecule has 2 atom stereocenters. The smallest absolute Gasteiger partial charge is 0.113 e. The summed E-state index contributed by atoms with van der Waals surface area (Å²) < 4.78 is 12.4. The molecular formula is C6H12FN. The molecule has 1 aliphatic rings. The predicted molar refractivity (Wildman–Crippen MR) is 31.5 cm³/mol. The number of piperidine rings is 1. The Kier molecular flexibility index (Phi) is 1.84. The zero-order valence-corrected chi connectivity index (χ0v) is 5.15. The van der Waals surface area contributed by atoms with E-state index >= 15 is 0 Å². The topological polar surface area (TPSA) is 12.0 Å². The molecule has 0 radical (unpaired) electrons. The Morgan fingerprint density at radius 1 is 1.50 bits per heavy atom. The molecule has 0 aromatic rings. The molecule has 2 heteroatoms. The van der Waals surface area contributed by atoms with Crippen LogP contribution in [0.25, 0.3) is 0 Å². The molecule has 1 fully saturated rings. The maximum atomic E-state index is 12.4. The Balaban J connectivity index is 2.23. The van der Waals surface area contributed by atoms with Gasteiger partial charge < -0.3 is 5.32 Å². The first-order chi connectivity index (χ1) is 3.79. The summed E-state index contributed by atoms with van der Waals surface area (Å²) >= 11 is 0. The molecule has 1 N–H and O–H groups in total. The van der Waals surface area contributed by atoms with E-state index in [2.05, 4.69) is 12.2 Å². The number of alkyl halides is 1. The van der Waals surface area contributed by atoms with Gasteiger partial charge in [0, 0.05) is 6.54 Å². The summed E-state index contributed by atoms with van der Waals surface area (Å²) in [5.41, 5.74) is 0. The summed E-state index contributed by atoms with van der Waals surface area (Å²) in [6, 6.07) is 0. The quantitative estimate of drug-likeness (QED) is 0.498. The third-order valence-electron chi connectivity index (χ3n) is 1.52. The molecule has 1 saturated heterocycles. The molecule has 1 rings (SSSR count). The second-order valence-corrected chi connectivity index (χ2v) is 2.60. The van der Waals surface area contributed by atoms with Crippen LogP contribution in [0.3, 0.4) is 0 Å². The number of rotatable bonds is 0. The minimum Gasteiger partial charge on any atom is -0.314 e. The SMILES string of the molecule is CC1CNCC(F)C1. The lowest BCUT2D eigenvalue weighted by Gasteiger charge is -2.21. The lowest BCUT2D eigenvalue weighted by molar-refractivity contribution is 0.224. The first-order valence-electron chi connectivity index (χ1n) is 3.14. The van der Waals surface area contributed by atoms with Crippen molar-refractivity contribution in [1.82, 2.24) is 5.32 Å². The van der Waals surface area contributed by atoms with Crippen molar-refractivity contribution in [3.63, 3.8) is 0 Å². The van der Waals surface area contributed by atoms with Crippen LogP contribution in [0, 0.1) is 5.92 Å². The van der Waals surface area contributed by atoms with Gasteiger partial charge in [0.15, 0.2) is 0 Å². The molecule has 0 saturated carbocycles. The average Bonchev–Trinajstić information content (AvgIpc) is 1.64. The van der Waals surface area contributed by atoms with Gasteiger partial charge in [-0.15, -0.1) is 0 Å². The van der Waals surface area contributed by atoms with E-state index in [9.17, 15) is 4.39 Å². The first kappa shape index (κ1) is 6.02. The number of hydrogen-bond acceptors (Lipinski definition) is 1. The van der Waals surface area contributed by atoms with E-state index in [1.54, 1.807) is 0 Å². The summed E-state index contributed by atoms with van der Waals surface area (Å²) in [6.45, 7) is 3.61. The lowest BCUT2D eigenvalue weighted by Crippen LogP contribution is -2.35. The maximum absolute atomic E-state index is 12.4. The van der Waals surface area contributed by atoms with Gasteiger partial charge in [-0.2, -0.15) is 0 Å². The Bertz CT molecular complexity index is 66.9. The molecule has 8 heavy (non-hydrogen) atoms. The molecule has 0 amide bonds. The van der Waals surface area contributed by atoms with E-state index in [-0.39, 0.29) is 0 Å². The van der Waals surface area contributed by atoms with E-state index in [0.717, 1.165) is 13.0 Å². The van der Waals surface area contributed by atoms with Crippen molar-refractivity contribution in [2.45, 2.75) is 19.5 Å². The molecule has 0 aromatic carbocycles. The Hall–Kier alpha value is -0.110. The third kappa shape index (κ3) is 1.44. The molecule has 0 spiro atoms. The number of nitrogens with one attached hydrogen (secondary N) is 1. The van der Waals surface area contributed by atoms with Crippen molar-refractivity contribution in [3.8, 4) is 0 Å². The highest BCUT2D eigenvalue weighted by Gasteiger charge is 2.16. The average molecular weight is 117 g/mol. The van der Waals surface area contributed by atoms with Crippen LogP contribution in [0.15, 0.2) is 0 Å². The van der Waals surface area contributed by atoms with Crippen molar-refractivity contribution >= 4 is 0 Å². The van der Waals surface area contributed by atoms with Crippen molar-refractivity contribution < 1.29 is 4.39 Å². The van der Waals surface area contributed by atoms with Gasteiger partial charge in [-0.1, -0.05) is 6.92 Å². The highest BCUT2D eigenvalue weighted by molar-refractivity contribution is 4.71. The highest BCUT2D eigenvalue weighted by Crippen LogP contribution is 2.11. The van der Waals surface area contributed by atoms with Crippen LogP contribution in [0.4, 0.5) is 4.39 Å². The normalized spacial score (nSPS) is 39.8. The minimum absolute atomic E-state index is 0.527. The molecule has 0 aromatic heterocycles. The van der Waals surface area contributed by atoms with Crippen LogP contribution in [0.2, 0.25) is 0 Å². The van der Waals surface area contributed by atoms with Crippen molar-refractivity contribution in [2.75, 3.05) is 13.1 Å². The Morgan fingerprint density at radius 2 is 2.25 bits per heavy atom. The second-order valence-electron chi connectivity index (χ2n) is 2.60. The molecule has 0 aliphatic carbocycles. The minimum atomic E-state index is -0.598. The fourth-order valence-corrected chi connectivity index (χ4v) is 1.09. The number of halogens is 1. The molecule has 48 valence electrons. The van der Waals surface area contributed by atoms with E-state index in [1.807, 2.05) is 0 Å². The van der Waals surface area contributed by atoms with Gasteiger partial charge in [0.1, 0.15) is 6.17 Å². The lowest BCUT2D eigenvalue weighted by atomic mass is 10.0. The van der Waals surface area contributed by atoms with E-state index in [1.165, 1.54) is 0 Å². The Labute approximate surface area is 49.3 Å². The van der Waals surface area contributed by atoms with Crippen molar-refractivity contribution in [1.29, 1.82) is 0 Å². The fraction of sp³-hybridized carbons (Fsp3) is 1.00. The third-order valence-corrected chi connectivity index (χ3v) is 1.52. The predicted octanol–water partition coefficient (Wildman–Crippen LogP) is 0.954. The van der Waals surface area contributed by atoms with Gasteiger partial charge >= 0.3 is 0 Å². The maximum Gasteiger partial charge on any atom is 0.113 e. The monoisotopic (exact) mass is 117 g/mol. The molecule has 2 unspecified atom stereocenters. The summed E-state index contributed by atoms with van der Waals surface area (Å²) in [7, 11) is 0.